The van der Waals surface area contributed by atoms with Crippen molar-refractivity contribution in [1.29, 1.82) is 0 Å². The van der Waals surface area contributed by atoms with Gasteiger partial charge in [-0.3, -0.25) is 19.2 Å². The summed E-state index contributed by atoms with van der Waals surface area (Å²) in [6.07, 6.45) is -1.76. The number of carbonyl (C=O) groups is 4. The van der Waals surface area contributed by atoms with Crippen molar-refractivity contribution in [2.75, 3.05) is 13.1 Å². The predicted octanol–water partition coefficient (Wildman–Crippen LogP) is 1.92. The first-order chi connectivity index (χ1) is 18.2. The van der Waals surface area contributed by atoms with Crippen LogP contribution < -0.4 is 5.32 Å². The molecule has 0 aromatic heterocycles. The van der Waals surface area contributed by atoms with Crippen LogP contribution in [0.2, 0.25) is 0 Å². The van der Waals surface area contributed by atoms with E-state index in [1.54, 1.807) is 0 Å². The fourth-order valence-electron chi connectivity index (χ4n) is 5.05. The molecule has 0 spiro atoms. The molecule has 1 N–H and O–H groups in total. The van der Waals surface area contributed by atoms with E-state index in [-0.39, 0.29) is 37.3 Å². The molecule has 39 heavy (non-hydrogen) atoms. The first-order valence-electron chi connectivity index (χ1n) is 12.3. The molecule has 0 aliphatic carbocycles. The summed E-state index contributed by atoms with van der Waals surface area (Å²) in [4.78, 5) is 56.5. The Morgan fingerprint density at radius 3 is 2.41 bits per heavy atom. The zero-order valence-corrected chi connectivity index (χ0v) is 22.0. The molecule has 1 aromatic rings. The van der Waals surface area contributed by atoms with Crippen molar-refractivity contribution >= 4 is 38.4 Å². The third kappa shape index (κ3) is 5.66. The van der Waals surface area contributed by atoms with Gasteiger partial charge in [0, 0.05) is 24.7 Å². The second-order valence-corrected chi connectivity index (χ2v) is 11.8. The van der Waals surface area contributed by atoms with Crippen LogP contribution in [-0.4, -0.2) is 77.3 Å². The van der Waals surface area contributed by atoms with Crippen molar-refractivity contribution in [3.63, 3.8) is 0 Å². The number of hydrogen-bond acceptors (Lipinski definition) is 7. The van der Waals surface area contributed by atoms with Gasteiger partial charge in [-0.2, -0.15) is 17.5 Å². The lowest BCUT2D eigenvalue weighted by Crippen LogP contribution is -2.53. The lowest BCUT2D eigenvalue weighted by molar-refractivity contribution is -0.138. The maximum absolute atomic E-state index is 13.6. The number of nitrogens with one attached hydrogen (secondary N) is 1. The van der Waals surface area contributed by atoms with Gasteiger partial charge in [0.05, 0.1) is 18.2 Å². The maximum atomic E-state index is 13.6. The van der Waals surface area contributed by atoms with Crippen LogP contribution in [0.1, 0.15) is 49.0 Å². The molecule has 210 valence electrons. The number of amides is 2. The highest BCUT2D eigenvalue weighted by Crippen LogP contribution is 2.34. The minimum atomic E-state index is -4.57. The van der Waals surface area contributed by atoms with E-state index in [2.05, 4.69) is 10.3 Å². The number of rotatable bonds is 6. The lowest BCUT2D eigenvalue weighted by Gasteiger charge is -2.29. The number of alkyl halides is 3. The quantitative estimate of drug-likeness (QED) is 0.558. The minimum absolute atomic E-state index is 0.0387. The van der Waals surface area contributed by atoms with Gasteiger partial charge in [-0.15, -0.1) is 0 Å². The molecule has 3 atom stereocenters. The van der Waals surface area contributed by atoms with Crippen LogP contribution in [0.15, 0.2) is 41.5 Å². The Hall–Kier alpha value is -3.39. The van der Waals surface area contributed by atoms with E-state index >= 15 is 0 Å². The zero-order valence-electron chi connectivity index (χ0n) is 21.1. The molecule has 10 nitrogen and oxygen atoms in total. The molecule has 0 saturated carbocycles. The van der Waals surface area contributed by atoms with E-state index in [0.29, 0.717) is 0 Å². The maximum Gasteiger partial charge on any atom is 0.416 e. The fraction of sp³-hybridized carbons (Fsp3) is 0.480. The second-order valence-electron chi connectivity index (χ2n) is 10.0. The number of aliphatic imine (C=N–C) groups is 1. The standard InChI is InChI=1S/C25H27F3N4O6S/c1-14(2)12-17(30-22(35)15-5-7-16(8-6-15)25(26,27)28)24(36)31-11-9-18-21(31)20(34)13-32(18)39(37,38)23-19(33)4-3-10-29-23/h3,5-8,10,14,17-18,21H,4,9,11-13H2,1-2H3,(H,30,35). The zero-order chi connectivity index (χ0) is 28.7. The number of carbonyl (C=O) groups excluding carboxylic acids is 4. The Morgan fingerprint density at radius 1 is 1.15 bits per heavy atom. The number of halogens is 3. The Morgan fingerprint density at radius 2 is 1.82 bits per heavy atom. The smallest absolute Gasteiger partial charge is 0.340 e. The third-order valence-corrected chi connectivity index (χ3v) is 8.68. The number of benzene rings is 1. The molecule has 0 radical (unpaired) electrons. The molecular formula is C25H27F3N4O6S. The minimum Gasteiger partial charge on any atom is -0.340 e. The van der Waals surface area contributed by atoms with Crippen LogP contribution in [-0.2, 0) is 30.6 Å². The van der Waals surface area contributed by atoms with Gasteiger partial charge < -0.3 is 10.2 Å². The van der Waals surface area contributed by atoms with Crippen LogP contribution in [0, 0.1) is 5.92 Å². The summed E-state index contributed by atoms with van der Waals surface area (Å²) in [5.41, 5.74) is -1.00. The number of likely N-dealkylation sites (tertiary alicyclic amines) is 1. The van der Waals surface area contributed by atoms with Crippen LogP contribution in [0.5, 0.6) is 0 Å². The SMILES string of the molecule is CC(C)CC(NC(=O)c1ccc(C(F)(F)F)cc1)C(=O)N1CCC2C1C(=O)CN2S(=O)(=O)C1=NC=CCC1=O. The monoisotopic (exact) mass is 568 g/mol. The topological polar surface area (TPSA) is 133 Å². The molecule has 3 heterocycles. The first-order valence-corrected chi connectivity index (χ1v) is 13.7. The van der Waals surface area contributed by atoms with Crippen molar-refractivity contribution in [2.24, 2.45) is 10.9 Å². The molecule has 3 aliphatic rings. The summed E-state index contributed by atoms with van der Waals surface area (Å²) in [7, 11) is -4.38. The van der Waals surface area contributed by atoms with Crippen LogP contribution in [0.4, 0.5) is 13.2 Å². The summed E-state index contributed by atoms with van der Waals surface area (Å²) in [6, 6.07) is 0.457. The summed E-state index contributed by atoms with van der Waals surface area (Å²) >= 11 is 0. The van der Waals surface area contributed by atoms with Gasteiger partial charge in [0.25, 0.3) is 15.9 Å². The van der Waals surface area contributed by atoms with Crippen molar-refractivity contribution in [1.82, 2.24) is 14.5 Å². The Kier molecular flexibility index (Phi) is 7.81. The Balaban J connectivity index is 1.53. The van der Waals surface area contributed by atoms with Crippen LogP contribution in [0.25, 0.3) is 0 Å². The average Bonchev–Trinajstić information content (AvgIpc) is 3.44. The van der Waals surface area contributed by atoms with E-state index in [4.69, 9.17) is 0 Å². The molecule has 4 rings (SSSR count). The number of nitrogens with zero attached hydrogens (tertiary/aromatic N) is 3. The van der Waals surface area contributed by atoms with E-state index in [1.807, 2.05) is 13.8 Å². The second kappa shape index (κ2) is 10.6. The third-order valence-electron chi connectivity index (χ3n) is 6.84. The van der Waals surface area contributed by atoms with Crippen molar-refractivity contribution in [2.45, 2.75) is 57.4 Å². The average molecular weight is 569 g/mol. The highest BCUT2D eigenvalue weighted by Gasteiger charge is 2.55. The highest BCUT2D eigenvalue weighted by molar-refractivity contribution is 8.06. The molecule has 3 unspecified atom stereocenters. The van der Waals surface area contributed by atoms with E-state index < -0.39 is 74.9 Å². The first kappa shape index (κ1) is 28.6. The molecule has 3 aliphatic heterocycles. The Bertz CT molecular complexity index is 1350. The van der Waals surface area contributed by atoms with Crippen LogP contribution in [0.3, 0.4) is 0 Å². The number of hydrogen-bond donors (Lipinski definition) is 1. The summed E-state index contributed by atoms with van der Waals surface area (Å²) in [6.45, 7) is 3.13. The van der Waals surface area contributed by atoms with Gasteiger partial charge in [0.15, 0.2) is 11.6 Å². The molecular weight excluding hydrogens is 541 g/mol. The number of fused-ring (bicyclic) bond motifs is 1. The predicted molar refractivity (Wildman–Crippen MR) is 133 cm³/mol. The fourth-order valence-corrected chi connectivity index (χ4v) is 6.71. The number of allylic oxidation sites excluding steroid dienone is 1. The van der Waals surface area contributed by atoms with E-state index in [1.165, 1.54) is 17.2 Å². The lowest BCUT2D eigenvalue weighted by atomic mass is 10.0. The summed E-state index contributed by atoms with van der Waals surface area (Å²) < 4.78 is 65.9. The van der Waals surface area contributed by atoms with Crippen molar-refractivity contribution < 1.29 is 40.8 Å². The van der Waals surface area contributed by atoms with Gasteiger partial charge in [-0.05, 0) is 43.0 Å². The summed E-state index contributed by atoms with van der Waals surface area (Å²) in [5.74, 6) is -2.65. The molecule has 2 saturated heterocycles. The molecule has 0 bridgehead atoms. The van der Waals surface area contributed by atoms with E-state index in [0.717, 1.165) is 28.6 Å². The molecule has 2 fully saturated rings. The largest absolute Gasteiger partial charge is 0.416 e. The van der Waals surface area contributed by atoms with Gasteiger partial charge in [0.1, 0.15) is 12.1 Å². The molecule has 14 heteroatoms. The highest BCUT2D eigenvalue weighted by atomic mass is 32.2. The summed E-state index contributed by atoms with van der Waals surface area (Å²) in [5, 5.41) is 1.92. The number of Topliss-reactive ketones (excluding diaryl/α,β-unsaturated/α-hetero) is 2. The van der Waals surface area contributed by atoms with Gasteiger partial charge in [0.2, 0.25) is 11.0 Å². The molecule has 2 amide bonds. The van der Waals surface area contributed by atoms with Crippen LogP contribution >= 0.6 is 0 Å². The van der Waals surface area contributed by atoms with Gasteiger partial charge >= 0.3 is 6.18 Å². The van der Waals surface area contributed by atoms with Crippen molar-refractivity contribution in [3.05, 3.63) is 47.7 Å². The number of ketones is 2. The normalized spacial score (nSPS) is 22.7. The van der Waals surface area contributed by atoms with E-state index in [9.17, 15) is 40.8 Å². The van der Waals surface area contributed by atoms with Crippen molar-refractivity contribution in [3.8, 4) is 0 Å². The van der Waals surface area contributed by atoms with Gasteiger partial charge in [-0.1, -0.05) is 19.9 Å². The Labute approximate surface area is 223 Å². The molecule has 1 aromatic carbocycles. The number of sulfonamides is 1. The van der Waals surface area contributed by atoms with Gasteiger partial charge in [-0.25, -0.2) is 13.4 Å².